The maximum Gasteiger partial charge on any atom is 0.252 e. The first kappa shape index (κ1) is 16.4. The van der Waals surface area contributed by atoms with Crippen molar-refractivity contribution in [2.45, 2.75) is 19.8 Å². The predicted molar refractivity (Wildman–Crippen MR) is 59.4 cm³/mol. The van der Waals surface area contributed by atoms with E-state index in [-0.39, 0.29) is 6.61 Å². The quantitative estimate of drug-likeness (QED) is 0.392. The molecule has 0 aromatic rings. The van der Waals surface area contributed by atoms with Crippen LogP contribution in [0.3, 0.4) is 0 Å². The Hall–Kier alpha value is -1.03. The van der Waals surface area contributed by atoms with Crippen LogP contribution in [0.2, 0.25) is 0 Å². The monoisotopic (exact) mass is 217 g/mol. The van der Waals surface area contributed by atoms with E-state index < -0.39 is 6.16 Å². The molecule has 0 heterocycles. The summed E-state index contributed by atoms with van der Waals surface area (Å²) in [6.45, 7) is 6.75. The Bertz CT molecular complexity index is 173. The Kier molecular flexibility index (Phi) is 10.4. The number of carbonyl (C=O) groups is 1. The predicted octanol–water partition coefficient (Wildman–Crippen LogP) is 1.02. The van der Waals surface area contributed by atoms with Crippen molar-refractivity contribution in [1.29, 1.82) is 0 Å². The van der Waals surface area contributed by atoms with Crippen molar-refractivity contribution in [1.82, 2.24) is 0 Å². The summed E-state index contributed by atoms with van der Waals surface area (Å²) in [4.78, 5) is 9.38. The Morgan fingerprint density at radius 3 is 2.13 bits per heavy atom. The number of unbranched alkanes of at least 4 members (excludes halogenated alkanes) is 1. The van der Waals surface area contributed by atoms with Crippen molar-refractivity contribution in [3.05, 3.63) is 12.7 Å². The number of nitrogens with zero attached hydrogens (tertiary/aromatic N) is 1. The van der Waals surface area contributed by atoms with E-state index in [9.17, 15) is 9.90 Å². The summed E-state index contributed by atoms with van der Waals surface area (Å²) in [6, 6.07) is 0. The smallest absolute Gasteiger partial charge is 0.252 e. The number of hydrogen-bond acceptors (Lipinski definition) is 3. The molecule has 0 aromatic heterocycles. The first-order chi connectivity index (χ1) is 6.83. The molecule has 0 N–H and O–H groups in total. The molecule has 0 radical (unpaired) electrons. The summed E-state index contributed by atoms with van der Waals surface area (Å²) in [6.07, 6.45) is 2.48. The minimum atomic E-state index is -1.51. The average Bonchev–Trinajstić information content (AvgIpc) is 2.11. The van der Waals surface area contributed by atoms with Gasteiger partial charge in [0.1, 0.15) is 0 Å². The molecule has 0 fully saturated rings. The molecule has 0 aliphatic rings. The number of rotatable bonds is 5. The van der Waals surface area contributed by atoms with E-state index in [0.717, 1.165) is 4.48 Å². The van der Waals surface area contributed by atoms with E-state index in [2.05, 4.69) is 39.4 Å². The van der Waals surface area contributed by atoms with Gasteiger partial charge in [-0.2, -0.15) is 0 Å². The normalized spacial score (nSPS) is 9.87. The lowest BCUT2D eigenvalue weighted by molar-refractivity contribution is -0.870. The van der Waals surface area contributed by atoms with Crippen LogP contribution in [0.15, 0.2) is 12.7 Å². The number of carbonyl (C=O) groups excluding carboxylic acids is 1. The van der Waals surface area contributed by atoms with E-state index in [4.69, 9.17) is 0 Å². The second-order valence-corrected chi connectivity index (χ2v) is 4.22. The lowest BCUT2D eigenvalue weighted by Crippen LogP contribution is -2.35. The van der Waals surface area contributed by atoms with E-state index >= 15 is 0 Å². The van der Waals surface area contributed by atoms with Crippen LogP contribution in [-0.2, 0) is 4.74 Å². The van der Waals surface area contributed by atoms with Crippen LogP contribution in [-0.4, -0.2) is 44.9 Å². The molecule has 0 amide bonds. The summed E-state index contributed by atoms with van der Waals surface area (Å²) >= 11 is 0. The highest BCUT2D eigenvalue weighted by Crippen LogP contribution is 1.95. The summed E-state index contributed by atoms with van der Waals surface area (Å²) in [5.41, 5.74) is 0. The molecular formula is C11H23NO3. The van der Waals surface area contributed by atoms with E-state index in [0.29, 0.717) is 0 Å². The number of quaternary nitrogens is 1. The van der Waals surface area contributed by atoms with Crippen LogP contribution in [0.5, 0.6) is 0 Å². The third kappa shape index (κ3) is 24.6. The van der Waals surface area contributed by atoms with Gasteiger partial charge in [-0.05, 0) is 6.42 Å². The number of hydrogen-bond donors (Lipinski definition) is 0. The fraction of sp³-hybridized carbons (Fsp3) is 0.727. The fourth-order valence-corrected chi connectivity index (χ4v) is 0.759. The van der Waals surface area contributed by atoms with Gasteiger partial charge in [0.05, 0.1) is 27.7 Å². The number of carboxylic acid groups (broad SMARTS) is 1. The maximum atomic E-state index is 9.38. The zero-order valence-corrected chi connectivity index (χ0v) is 10.3. The zero-order valence-electron chi connectivity index (χ0n) is 10.3. The number of ether oxygens (including phenoxy) is 1. The van der Waals surface area contributed by atoms with Crippen molar-refractivity contribution < 1.29 is 19.1 Å². The lowest BCUT2D eigenvalue weighted by Gasteiger charge is -2.23. The Morgan fingerprint density at radius 2 is 2.00 bits per heavy atom. The van der Waals surface area contributed by atoms with Gasteiger partial charge in [0, 0.05) is 6.61 Å². The first-order valence-electron chi connectivity index (χ1n) is 5.08. The molecule has 4 heteroatoms. The van der Waals surface area contributed by atoms with E-state index in [1.807, 2.05) is 0 Å². The van der Waals surface area contributed by atoms with Crippen molar-refractivity contribution in [3.8, 4) is 0 Å². The summed E-state index contributed by atoms with van der Waals surface area (Å²) < 4.78 is 4.98. The first-order valence-corrected chi connectivity index (χ1v) is 5.08. The molecule has 0 rings (SSSR count). The third-order valence-corrected chi connectivity index (χ3v) is 1.50. The molecule has 0 aromatic carbocycles. The van der Waals surface area contributed by atoms with Gasteiger partial charge in [-0.1, -0.05) is 19.4 Å². The van der Waals surface area contributed by atoms with E-state index in [1.54, 1.807) is 0 Å². The van der Waals surface area contributed by atoms with Gasteiger partial charge in [-0.15, -0.1) is 6.58 Å². The molecule has 15 heavy (non-hydrogen) atoms. The van der Waals surface area contributed by atoms with Gasteiger partial charge < -0.3 is 19.1 Å². The molecule has 4 nitrogen and oxygen atoms in total. The molecule has 0 spiro atoms. The van der Waals surface area contributed by atoms with Crippen molar-refractivity contribution in [3.63, 3.8) is 0 Å². The highest BCUT2D eigenvalue weighted by molar-refractivity contribution is 5.54. The maximum absolute atomic E-state index is 9.38. The molecule has 0 saturated carbocycles. The Balaban J connectivity index is 0. The molecule has 0 bridgehead atoms. The third-order valence-electron chi connectivity index (χ3n) is 1.50. The average molecular weight is 217 g/mol. The molecule has 0 aliphatic heterocycles. The van der Waals surface area contributed by atoms with Gasteiger partial charge in [0.2, 0.25) is 0 Å². The van der Waals surface area contributed by atoms with Crippen LogP contribution in [0.25, 0.3) is 0 Å². The SMILES string of the molecule is C=CCOC(=O)[O-].CCCC[N+](C)(C)C. The zero-order chi connectivity index (χ0) is 12.3. The fourth-order valence-electron chi connectivity index (χ4n) is 0.759. The molecule has 0 saturated heterocycles. The largest absolute Gasteiger partial charge is 0.546 e. The second kappa shape index (κ2) is 9.52. The molecular weight excluding hydrogens is 194 g/mol. The molecule has 0 unspecified atom stereocenters. The standard InChI is InChI=1S/C7H18N.C4H6O3/c1-5-6-7-8(2,3)4;1-2-3-7-4(5)6/h5-7H2,1-4H3;2H,1,3H2,(H,5,6)/q+1;/p-1. The van der Waals surface area contributed by atoms with Gasteiger partial charge >= 0.3 is 0 Å². The van der Waals surface area contributed by atoms with Gasteiger partial charge in [-0.3, -0.25) is 0 Å². The topological polar surface area (TPSA) is 49.4 Å². The summed E-state index contributed by atoms with van der Waals surface area (Å²) in [5, 5.41) is 9.38. The van der Waals surface area contributed by atoms with Gasteiger partial charge in [0.25, 0.3) is 6.16 Å². The molecule has 0 atom stereocenters. The van der Waals surface area contributed by atoms with Crippen molar-refractivity contribution in [2.24, 2.45) is 0 Å². The van der Waals surface area contributed by atoms with Crippen LogP contribution >= 0.6 is 0 Å². The van der Waals surface area contributed by atoms with Crippen LogP contribution < -0.4 is 5.11 Å². The van der Waals surface area contributed by atoms with Gasteiger partial charge in [-0.25, -0.2) is 0 Å². The van der Waals surface area contributed by atoms with Crippen LogP contribution in [0.4, 0.5) is 4.79 Å². The Labute approximate surface area is 92.7 Å². The summed E-state index contributed by atoms with van der Waals surface area (Å²) in [5.74, 6) is 0. The Morgan fingerprint density at radius 1 is 1.47 bits per heavy atom. The lowest BCUT2D eigenvalue weighted by atomic mass is 10.3. The minimum absolute atomic E-state index is 0.00231. The van der Waals surface area contributed by atoms with Crippen LogP contribution in [0.1, 0.15) is 19.8 Å². The van der Waals surface area contributed by atoms with Crippen molar-refractivity contribution in [2.75, 3.05) is 34.3 Å². The van der Waals surface area contributed by atoms with E-state index in [1.165, 1.54) is 25.5 Å². The highest BCUT2D eigenvalue weighted by atomic mass is 16.7. The van der Waals surface area contributed by atoms with Crippen molar-refractivity contribution >= 4 is 6.16 Å². The second-order valence-electron chi connectivity index (χ2n) is 4.22. The van der Waals surface area contributed by atoms with Gasteiger partial charge in [0.15, 0.2) is 0 Å². The molecule has 90 valence electrons. The summed E-state index contributed by atoms with van der Waals surface area (Å²) in [7, 11) is 6.70. The molecule has 0 aliphatic carbocycles. The minimum Gasteiger partial charge on any atom is -0.546 e. The van der Waals surface area contributed by atoms with Crippen LogP contribution in [0, 0.1) is 0 Å². The highest BCUT2D eigenvalue weighted by Gasteiger charge is 2.02.